The smallest absolute Gasteiger partial charge is 0.320 e. The Labute approximate surface area is 187 Å². The summed E-state index contributed by atoms with van der Waals surface area (Å²) in [5, 5.41) is -0.215. The quantitative estimate of drug-likeness (QED) is 0.673. The number of carbonyl (C=O) groups is 1. The second-order valence-corrected chi connectivity index (χ2v) is 10.4. The highest BCUT2D eigenvalue weighted by atomic mass is 35.5. The molecule has 0 aliphatic carbocycles. The van der Waals surface area contributed by atoms with E-state index in [-0.39, 0.29) is 22.0 Å². The van der Waals surface area contributed by atoms with Gasteiger partial charge in [0.2, 0.25) is 10.0 Å². The molecule has 0 bridgehead atoms. The van der Waals surface area contributed by atoms with Crippen LogP contribution in [0.5, 0.6) is 0 Å². The molecule has 2 aromatic rings. The Balaban J connectivity index is 1.37. The molecular weight excluding hydrogens is 441 g/mol. The van der Waals surface area contributed by atoms with Crippen molar-refractivity contribution in [2.24, 2.45) is 0 Å². The molecule has 9 heteroatoms. The van der Waals surface area contributed by atoms with Gasteiger partial charge in [-0.1, -0.05) is 41.4 Å². The molecule has 4 rings (SSSR count). The first-order valence-electron chi connectivity index (χ1n) is 10.3. The van der Waals surface area contributed by atoms with Crippen molar-refractivity contribution in [2.75, 3.05) is 26.2 Å². The summed E-state index contributed by atoms with van der Waals surface area (Å²) in [7, 11) is -3.75. The van der Waals surface area contributed by atoms with E-state index in [4.69, 9.17) is 11.6 Å². The largest absolute Gasteiger partial charge is 0.320 e. The summed E-state index contributed by atoms with van der Waals surface area (Å²) in [6, 6.07) is 11.6. The molecule has 0 N–H and O–H groups in total. The Morgan fingerprint density at radius 3 is 2.48 bits per heavy atom. The van der Waals surface area contributed by atoms with E-state index in [1.807, 2.05) is 34.9 Å². The van der Waals surface area contributed by atoms with E-state index in [2.05, 4.69) is 6.07 Å². The first kappa shape index (κ1) is 22.0. The fourth-order valence-electron chi connectivity index (χ4n) is 4.30. The van der Waals surface area contributed by atoms with E-state index < -0.39 is 15.8 Å². The summed E-state index contributed by atoms with van der Waals surface area (Å²) in [6.45, 7) is 4.54. The fraction of sp³-hybridized carbons (Fsp3) is 0.409. The van der Waals surface area contributed by atoms with E-state index in [1.165, 1.54) is 10.4 Å². The average molecular weight is 466 g/mol. The van der Waals surface area contributed by atoms with Crippen molar-refractivity contribution in [3.8, 4) is 0 Å². The number of hydrogen-bond donors (Lipinski definition) is 0. The maximum Gasteiger partial charge on any atom is 0.320 e. The van der Waals surface area contributed by atoms with E-state index in [1.54, 1.807) is 0 Å². The molecule has 6 nitrogen and oxygen atoms in total. The van der Waals surface area contributed by atoms with Crippen LogP contribution in [0.4, 0.5) is 9.18 Å². The van der Waals surface area contributed by atoms with Gasteiger partial charge in [0.1, 0.15) is 5.82 Å². The van der Waals surface area contributed by atoms with Gasteiger partial charge >= 0.3 is 6.03 Å². The van der Waals surface area contributed by atoms with Gasteiger partial charge in [0, 0.05) is 38.8 Å². The molecule has 2 aromatic carbocycles. The minimum absolute atomic E-state index is 0.00753. The summed E-state index contributed by atoms with van der Waals surface area (Å²) < 4.78 is 40.5. The minimum atomic E-state index is -3.75. The molecule has 0 unspecified atom stereocenters. The lowest BCUT2D eigenvalue weighted by Gasteiger charge is -2.36. The summed E-state index contributed by atoms with van der Waals surface area (Å²) in [4.78, 5) is 16.6. The maximum atomic E-state index is 13.4. The first-order valence-corrected chi connectivity index (χ1v) is 12.1. The van der Waals surface area contributed by atoms with Gasteiger partial charge < -0.3 is 9.80 Å². The van der Waals surface area contributed by atoms with Crippen LogP contribution >= 0.6 is 11.6 Å². The van der Waals surface area contributed by atoms with Gasteiger partial charge in [0.15, 0.2) is 0 Å². The average Bonchev–Trinajstić information content (AvgIpc) is 3.10. The summed E-state index contributed by atoms with van der Waals surface area (Å²) in [5.74, 6) is -0.651. The molecule has 2 fully saturated rings. The molecule has 0 radical (unpaired) electrons. The Hall–Kier alpha value is -2.16. The van der Waals surface area contributed by atoms with Crippen molar-refractivity contribution in [2.45, 2.75) is 37.2 Å². The highest BCUT2D eigenvalue weighted by Gasteiger charge is 2.37. The zero-order valence-electron chi connectivity index (χ0n) is 17.3. The van der Waals surface area contributed by atoms with Crippen LogP contribution in [-0.4, -0.2) is 60.8 Å². The standard InChI is InChI=1S/C22H25ClFN3O3S/c1-16-3-2-4-17(13-16)15-25-11-12-27(22(25)28)18-7-9-26(10-8-18)31(29,30)19-5-6-21(24)20(23)14-19/h2-6,13-14,18H,7-12,15H2,1H3. The van der Waals surface area contributed by atoms with Crippen LogP contribution < -0.4 is 0 Å². The molecule has 2 saturated heterocycles. The van der Waals surface area contributed by atoms with Crippen LogP contribution in [0.3, 0.4) is 0 Å². The predicted molar refractivity (Wildman–Crippen MR) is 117 cm³/mol. The van der Waals surface area contributed by atoms with Crippen molar-refractivity contribution in [3.05, 3.63) is 64.4 Å². The van der Waals surface area contributed by atoms with Crippen molar-refractivity contribution in [1.29, 1.82) is 0 Å². The molecule has 2 aliphatic rings. The predicted octanol–water partition coefficient (Wildman–Crippen LogP) is 3.88. The maximum absolute atomic E-state index is 13.4. The zero-order chi connectivity index (χ0) is 22.2. The second-order valence-electron chi connectivity index (χ2n) is 8.10. The summed E-state index contributed by atoms with van der Waals surface area (Å²) >= 11 is 5.76. The molecule has 2 amide bonds. The van der Waals surface area contributed by atoms with Gasteiger partial charge in [0.05, 0.1) is 9.92 Å². The Morgan fingerprint density at radius 2 is 1.81 bits per heavy atom. The van der Waals surface area contributed by atoms with Crippen molar-refractivity contribution < 1.29 is 17.6 Å². The minimum Gasteiger partial charge on any atom is -0.320 e. The summed E-state index contributed by atoms with van der Waals surface area (Å²) in [5.41, 5.74) is 2.27. The number of amides is 2. The van der Waals surface area contributed by atoms with Gasteiger partial charge in [-0.3, -0.25) is 0 Å². The van der Waals surface area contributed by atoms with Crippen LogP contribution in [0.2, 0.25) is 5.02 Å². The topological polar surface area (TPSA) is 60.9 Å². The van der Waals surface area contributed by atoms with Gasteiger partial charge in [-0.05, 0) is 43.5 Å². The van der Waals surface area contributed by atoms with E-state index in [0.29, 0.717) is 45.6 Å². The number of urea groups is 1. The lowest BCUT2D eigenvalue weighted by Crippen LogP contribution is -2.47. The second kappa shape index (κ2) is 8.76. The van der Waals surface area contributed by atoms with Crippen LogP contribution in [0.25, 0.3) is 0 Å². The first-order chi connectivity index (χ1) is 14.8. The third kappa shape index (κ3) is 4.56. The van der Waals surface area contributed by atoms with Crippen molar-refractivity contribution in [3.63, 3.8) is 0 Å². The molecule has 0 atom stereocenters. The highest BCUT2D eigenvalue weighted by molar-refractivity contribution is 7.89. The summed E-state index contributed by atoms with van der Waals surface area (Å²) in [6.07, 6.45) is 1.14. The molecule has 0 aromatic heterocycles. The number of benzene rings is 2. The van der Waals surface area contributed by atoms with Crippen LogP contribution in [0.1, 0.15) is 24.0 Å². The van der Waals surface area contributed by atoms with E-state index in [0.717, 1.165) is 23.3 Å². The van der Waals surface area contributed by atoms with Gasteiger partial charge in [-0.2, -0.15) is 4.31 Å². The zero-order valence-corrected chi connectivity index (χ0v) is 18.9. The van der Waals surface area contributed by atoms with E-state index in [9.17, 15) is 17.6 Å². The third-order valence-electron chi connectivity index (χ3n) is 5.98. The number of sulfonamides is 1. The monoisotopic (exact) mass is 465 g/mol. The Bertz CT molecular complexity index is 1090. The van der Waals surface area contributed by atoms with Crippen LogP contribution in [0, 0.1) is 12.7 Å². The van der Waals surface area contributed by atoms with Gasteiger partial charge in [-0.25, -0.2) is 17.6 Å². The molecule has 0 spiro atoms. The Morgan fingerprint density at radius 1 is 1.06 bits per heavy atom. The third-order valence-corrected chi connectivity index (χ3v) is 8.16. The number of nitrogens with zero attached hydrogens (tertiary/aromatic N) is 3. The molecule has 0 saturated carbocycles. The van der Waals surface area contributed by atoms with E-state index >= 15 is 0 Å². The molecule has 31 heavy (non-hydrogen) atoms. The van der Waals surface area contributed by atoms with Gasteiger partial charge in [0.25, 0.3) is 0 Å². The number of carbonyl (C=O) groups excluding carboxylic acids is 1. The van der Waals surface area contributed by atoms with Crippen molar-refractivity contribution >= 4 is 27.7 Å². The van der Waals surface area contributed by atoms with Gasteiger partial charge in [-0.15, -0.1) is 0 Å². The number of aryl methyl sites for hydroxylation is 1. The number of hydrogen-bond acceptors (Lipinski definition) is 3. The number of halogens is 2. The molecule has 166 valence electrons. The normalized spacial score (nSPS) is 18.7. The van der Waals surface area contributed by atoms with Crippen LogP contribution in [0.15, 0.2) is 47.4 Å². The van der Waals surface area contributed by atoms with Crippen molar-refractivity contribution in [1.82, 2.24) is 14.1 Å². The lowest BCUT2D eigenvalue weighted by molar-refractivity contribution is 0.153. The fourth-order valence-corrected chi connectivity index (χ4v) is 6.04. The molecular formula is C22H25ClFN3O3S. The number of rotatable bonds is 5. The lowest BCUT2D eigenvalue weighted by atomic mass is 10.1. The Kier molecular flexibility index (Phi) is 6.23. The number of piperidine rings is 1. The molecule has 2 aliphatic heterocycles. The SMILES string of the molecule is Cc1cccc(CN2CCN(C3CCN(S(=O)(=O)c4ccc(F)c(Cl)c4)CC3)C2=O)c1. The molecule has 2 heterocycles. The highest BCUT2D eigenvalue weighted by Crippen LogP contribution is 2.28. The van der Waals surface area contributed by atoms with Crippen LogP contribution in [-0.2, 0) is 16.6 Å².